The zero-order chi connectivity index (χ0) is 16.7. The summed E-state index contributed by atoms with van der Waals surface area (Å²) in [6, 6.07) is 6.03. The Bertz CT molecular complexity index is 639. The van der Waals surface area contributed by atoms with Crippen LogP contribution < -0.4 is 10.1 Å². The average molecular weight is 350 g/mol. The standard InChI is InChI=1S/C18H24ClN3O2/c1-24-17-14(19)5-4-6-15(17)20-18(23)22-10-12-9-21-8-3-2-7-16(21)13(12)11-22/h4-6,12-13,16H,2-3,7-11H2,1H3,(H,20,23)/t12-,13-,16+/m0/s1. The van der Waals surface area contributed by atoms with Gasteiger partial charge in [0.15, 0.2) is 5.75 Å². The van der Waals surface area contributed by atoms with Crippen LogP contribution in [-0.4, -0.2) is 55.2 Å². The molecule has 3 aliphatic heterocycles. The second-order valence-electron chi connectivity index (χ2n) is 7.14. The molecule has 0 radical (unpaired) electrons. The lowest BCUT2D eigenvalue weighted by atomic mass is 9.90. The number of likely N-dealkylation sites (tertiary alicyclic amines) is 1. The number of piperidine rings is 1. The van der Waals surface area contributed by atoms with Gasteiger partial charge in [-0.15, -0.1) is 0 Å². The Morgan fingerprint density at radius 1 is 1.29 bits per heavy atom. The van der Waals surface area contributed by atoms with Crippen LogP contribution in [0.1, 0.15) is 19.3 Å². The Morgan fingerprint density at radius 3 is 3.00 bits per heavy atom. The van der Waals surface area contributed by atoms with Gasteiger partial charge in [0.1, 0.15) is 0 Å². The van der Waals surface area contributed by atoms with E-state index in [0.29, 0.717) is 34.3 Å². The van der Waals surface area contributed by atoms with Gasteiger partial charge in [0, 0.05) is 25.7 Å². The molecular formula is C18H24ClN3O2. The number of carbonyl (C=O) groups is 1. The van der Waals surface area contributed by atoms with Crippen molar-refractivity contribution in [1.82, 2.24) is 9.80 Å². The van der Waals surface area contributed by atoms with E-state index in [-0.39, 0.29) is 6.03 Å². The fraction of sp³-hybridized carbons (Fsp3) is 0.611. The number of halogens is 1. The number of hydrogen-bond donors (Lipinski definition) is 1. The largest absolute Gasteiger partial charge is 0.493 e. The van der Waals surface area contributed by atoms with Gasteiger partial charge in [-0.1, -0.05) is 24.1 Å². The molecule has 3 saturated heterocycles. The highest BCUT2D eigenvalue weighted by Gasteiger charge is 2.48. The molecule has 1 aromatic rings. The summed E-state index contributed by atoms with van der Waals surface area (Å²) in [6.45, 7) is 4.11. The highest BCUT2D eigenvalue weighted by molar-refractivity contribution is 6.32. The molecule has 0 spiro atoms. The summed E-state index contributed by atoms with van der Waals surface area (Å²) < 4.78 is 5.31. The molecule has 0 saturated carbocycles. The Morgan fingerprint density at radius 2 is 2.17 bits per heavy atom. The van der Waals surface area contributed by atoms with Crippen molar-refractivity contribution in [2.75, 3.05) is 38.6 Å². The number of nitrogens with zero attached hydrogens (tertiary/aromatic N) is 2. The van der Waals surface area contributed by atoms with Crippen molar-refractivity contribution in [3.63, 3.8) is 0 Å². The number of methoxy groups -OCH3 is 1. The quantitative estimate of drug-likeness (QED) is 0.891. The van der Waals surface area contributed by atoms with Crippen LogP contribution >= 0.6 is 11.6 Å². The second kappa shape index (κ2) is 6.45. The van der Waals surface area contributed by atoms with Gasteiger partial charge in [0.05, 0.1) is 17.8 Å². The van der Waals surface area contributed by atoms with E-state index in [2.05, 4.69) is 10.2 Å². The number of hydrogen-bond acceptors (Lipinski definition) is 3. The van der Waals surface area contributed by atoms with Crippen LogP contribution in [0.4, 0.5) is 10.5 Å². The first-order valence-corrected chi connectivity index (χ1v) is 9.17. The Balaban J connectivity index is 1.43. The van der Waals surface area contributed by atoms with E-state index in [1.165, 1.54) is 25.8 Å². The average Bonchev–Trinajstić information content (AvgIpc) is 3.13. The molecule has 1 aromatic carbocycles. The van der Waals surface area contributed by atoms with Crippen LogP contribution in [0.2, 0.25) is 5.02 Å². The monoisotopic (exact) mass is 349 g/mol. The molecule has 0 aliphatic carbocycles. The highest BCUT2D eigenvalue weighted by Crippen LogP contribution is 2.40. The summed E-state index contributed by atoms with van der Waals surface area (Å²) >= 11 is 6.13. The number of carbonyl (C=O) groups excluding carboxylic acids is 1. The second-order valence-corrected chi connectivity index (χ2v) is 7.54. The molecule has 130 valence electrons. The van der Waals surface area contributed by atoms with Gasteiger partial charge in [-0.2, -0.15) is 0 Å². The predicted molar refractivity (Wildman–Crippen MR) is 94.8 cm³/mol. The van der Waals surface area contributed by atoms with Crippen molar-refractivity contribution in [2.24, 2.45) is 11.8 Å². The van der Waals surface area contributed by atoms with Gasteiger partial charge in [-0.05, 0) is 43.4 Å². The maximum Gasteiger partial charge on any atom is 0.321 e. The highest BCUT2D eigenvalue weighted by atomic mass is 35.5. The molecule has 3 fully saturated rings. The van der Waals surface area contributed by atoms with Gasteiger partial charge >= 0.3 is 6.03 Å². The van der Waals surface area contributed by atoms with Crippen LogP contribution in [0.25, 0.3) is 0 Å². The molecular weight excluding hydrogens is 326 g/mol. The first-order chi connectivity index (χ1) is 11.7. The van der Waals surface area contributed by atoms with Crippen LogP contribution in [0.5, 0.6) is 5.75 Å². The summed E-state index contributed by atoms with van der Waals surface area (Å²) in [5, 5.41) is 3.48. The lowest BCUT2D eigenvalue weighted by molar-refractivity contribution is 0.157. The number of rotatable bonds is 2. The topological polar surface area (TPSA) is 44.8 Å². The third-order valence-electron chi connectivity index (χ3n) is 5.82. The summed E-state index contributed by atoms with van der Waals surface area (Å²) in [5.41, 5.74) is 0.631. The van der Waals surface area contributed by atoms with Crippen LogP contribution in [0.3, 0.4) is 0 Å². The Kier molecular flexibility index (Phi) is 4.31. The van der Waals surface area contributed by atoms with E-state index in [1.807, 2.05) is 17.0 Å². The number of nitrogens with one attached hydrogen (secondary N) is 1. The van der Waals surface area contributed by atoms with Gasteiger partial charge in [-0.3, -0.25) is 4.90 Å². The van der Waals surface area contributed by atoms with Gasteiger partial charge in [0.2, 0.25) is 0 Å². The summed E-state index contributed by atoms with van der Waals surface area (Å²) in [4.78, 5) is 17.3. The fourth-order valence-electron chi connectivity index (χ4n) is 4.73. The molecule has 0 unspecified atom stereocenters. The number of para-hydroxylation sites is 1. The number of fused-ring (bicyclic) bond motifs is 3. The molecule has 6 heteroatoms. The zero-order valence-electron chi connectivity index (χ0n) is 14.0. The third kappa shape index (κ3) is 2.74. The molecule has 0 bridgehead atoms. The van der Waals surface area contributed by atoms with Crippen molar-refractivity contribution < 1.29 is 9.53 Å². The number of benzene rings is 1. The minimum Gasteiger partial charge on any atom is -0.493 e. The molecule has 3 heterocycles. The molecule has 4 rings (SSSR count). The van der Waals surface area contributed by atoms with E-state index in [4.69, 9.17) is 16.3 Å². The number of amides is 2. The van der Waals surface area contributed by atoms with Gasteiger partial charge in [0.25, 0.3) is 0 Å². The fourth-order valence-corrected chi connectivity index (χ4v) is 4.98. The first-order valence-electron chi connectivity index (χ1n) is 8.80. The SMILES string of the molecule is COc1c(Cl)cccc1NC(=O)N1C[C@@H]2CN3CCCC[C@@H]3[C@H]2C1. The predicted octanol–water partition coefficient (Wildman–Crippen LogP) is 3.30. The normalized spacial score (nSPS) is 29.2. The first kappa shape index (κ1) is 16.0. The van der Waals surface area contributed by atoms with Crippen molar-refractivity contribution in [1.29, 1.82) is 0 Å². The van der Waals surface area contributed by atoms with E-state index in [1.54, 1.807) is 13.2 Å². The minimum atomic E-state index is -0.0488. The molecule has 1 N–H and O–H groups in total. The number of urea groups is 1. The lowest BCUT2D eigenvalue weighted by Gasteiger charge is -2.33. The van der Waals surface area contributed by atoms with Crippen LogP contribution in [-0.2, 0) is 0 Å². The van der Waals surface area contributed by atoms with Gasteiger partial charge in [-0.25, -0.2) is 4.79 Å². The number of ether oxygens (including phenoxy) is 1. The summed E-state index contributed by atoms with van der Waals surface area (Å²) in [7, 11) is 1.56. The third-order valence-corrected chi connectivity index (χ3v) is 6.12. The molecule has 3 atom stereocenters. The Hall–Kier alpha value is -1.46. The van der Waals surface area contributed by atoms with E-state index < -0.39 is 0 Å². The maximum absolute atomic E-state index is 12.7. The van der Waals surface area contributed by atoms with Crippen LogP contribution in [0.15, 0.2) is 18.2 Å². The summed E-state index contributed by atoms with van der Waals surface area (Å²) in [5.74, 6) is 1.78. The summed E-state index contributed by atoms with van der Waals surface area (Å²) in [6.07, 6.45) is 3.95. The van der Waals surface area contributed by atoms with E-state index in [9.17, 15) is 4.79 Å². The molecule has 2 amide bonds. The minimum absolute atomic E-state index is 0.0488. The van der Waals surface area contributed by atoms with Crippen molar-refractivity contribution in [3.8, 4) is 5.75 Å². The molecule has 0 aromatic heterocycles. The van der Waals surface area contributed by atoms with Crippen molar-refractivity contribution >= 4 is 23.3 Å². The Labute approximate surface area is 147 Å². The zero-order valence-corrected chi connectivity index (χ0v) is 14.8. The number of anilines is 1. The van der Waals surface area contributed by atoms with Crippen molar-refractivity contribution in [2.45, 2.75) is 25.3 Å². The van der Waals surface area contributed by atoms with Crippen LogP contribution in [0, 0.1) is 11.8 Å². The smallest absolute Gasteiger partial charge is 0.321 e. The van der Waals surface area contributed by atoms with E-state index in [0.717, 1.165) is 19.6 Å². The molecule has 24 heavy (non-hydrogen) atoms. The molecule has 5 nitrogen and oxygen atoms in total. The van der Waals surface area contributed by atoms with E-state index >= 15 is 0 Å². The van der Waals surface area contributed by atoms with Gasteiger partial charge < -0.3 is 15.0 Å². The lowest BCUT2D eigenvalue weighted by Crippen LogP contribution is -2.41. The molecule has 3 aliphatic rings. The maximum atomic E-state index is 12.7. The van der Waals surface area contributed by atoms with Crippen molar-refractivity contribution in [3.05, 3.63) is 23.2 Å².